The van der Waals surface area contributed by atoms with E-state index in [0.717, 1.165) is 0 Å². The zero-order valence-corrected chi connectivity index (χ0v) is 9.98. The van der Waals surface area contributed by atoms with Crippen molar-refractivity contribution in [2.75, 3.05) is 6.61 Å². The molecule has 0 aliphatic rings. The molecule has 1 aromatic rings. The van der Waals surface area contributed by atoms with Gasteiger partial charge in [-0.25, -0.2) is 0 Å². The van der Waals surface area contributed by atoms with Gasteiger partial charge in [-0.3, -0.25) is 9.63 Å². The van der Waals surface area contributed by atoms with Crippen LogP contribution in [0.25, 0.3) is 0 Å². The summed E-state index contributed by atoms with van der Waals surface area (Å²) in [5.74, 6) is -0.479. The quantitative estimate of drug-likeness (QED) is 0.749. The van der Waals surface area contributed by atoms with Gasteiger partial charge in [0.05, 0.1) is 6.04 Å². The van der Waals surface area contributed by atoms with Gasteiger partial charge < -0.3 is 5.73 Å². The first-order valence-electron chi connectivity index (χ1n) is 4.73. The Morgan fingerprint density at radius 1 is 1.67 bits per heavy atom. The number of aryl methyl sites for hydroxylation is 2. The minimum atomic E-state index is -0.479. The molecular weight excluding hydrogens is 212 g/mol. The van der Waals surface area contributed by atoms with Gasteiger partial charge in [0.2, 0.25) is 5.91 Å². The zero-order valence-electron chi connectivity index (χ0n) is 9.16. The van der Waals surface area contributed by atoms with Crippen molar-refractivity contribution < 1.29 is 9.63 Å². The third-order valence-corrected chi connectivity index (χ3v) is 3.00. The monoisotopic (exact) mass is 228 g/mol. The molecule has 0 saturated heterocycles. The van der Waals surface area contributed by atoms with Crippen molar-refractivity contribution in [3.8, 4) is 0 Å². The number of hydrogen-bond donors (Lipinski definition) is 2. The molecule has 0 fully saturated rings. The molecule has 0 aliphatic heterocycles. The van der Waals surface area contributed by atoms with E-state index in [4.69, 9.17) is 10.6 Å². The number of carbonyl (C=O) groups excluding carboxylic acids is 1. The molecule has 84 valence electrons. The lowest BCUT2D eigenvalue weighted by molar-refractivity contribution is -0.126. The molecule has 0 spiro atoms. The molecule has 1 aromatic heterocycles. The van der Waals surface area contributed by atoms with Crippen LogP contribution >= 0.6 is 11.3 Å². The molecule has 1 unspecified atom stereocenters. The number of nitrogens with one attached hydrogen (secondary N) is 1. The van der Waals surface area contributed by atoms with Gasteiger partial charge in [0.1, 0.15) is 6.61 Å². The van der Waals surface area contributed by atoms with Crippen LogP contribution < -0.4 is 11.2 Å². The Morgan fingerprint density at radius 3 is 2.80 bits per heavy atom. The Labute approximate surface area is 93.4 Å². The molecule has 4 nitrogen and oxygen atoms in total. The predicted octanol–water partition coefficient (Wildman–Crippen LogP) is 1.43. The molecule has 1 rings (SSSR count). The molecule has 1 amide bonds. The first-order chi connectivity index (χ1) is 7.00. The Morgan fingerprint density at radius 2 is 2.33 bits per heavy atom. The Balaban J connectivity index is 2.50. The zero-order chi connectivity index (χ0) is 11.4. The summed E-state index contributed by atoms with van der Waals surface area (Å²) in [6, 6.07) is 2.18. The summed E-state index contributed by atoms with van der Waals surface area (Å²) in [6.07, 6.45) is 0. The fourth-order valence-corrected chi connectivity index (χ4v) is 2.40. The number of hydroxylamine groups is 1. The Kier molecular flexibility index (Phi) is 4.26. The number of nitrogens with two attached hydrogens (primary N) is 1. The summed E-state index contributed by atoms with van der Waals surface area (Å²) in [5, 5.41) is 0. The van der Waals surface area contributed by atoms with E-state index in [1.807, 2.05) is 6.92 Å². The van der Waals surface area contributed by atoms with E-state index in [2.05, 4.69) is 25.4 Å². The highest BCUT2D eigenvalue weighted by Gasteiger charge is 2.11. The average molecular weight is 228 g/mol. The van der Waals surface area contributed by atoms with Gasteiger partial charge in [-0.2, -0.15) is 5.48 Å². The molecule has 0 saturated carbocycles. The molecule has 0 radical (unpaired) electrons. The number of hydrogen-bond acceptors (Lipinski definition) is 4. The van der Waals surface area contributed by atoms with Gasteiger partial charge in [-0.15, -0.1) is 11.3 Å². The van der Waals surface area contributed by atoms with Crippen molar-refractivity contribution in [3.05, 3.63) is 21.4 Å². The highest BCUT2D eigenvalue weighted by atomic mass is 32.1. The number of thiophene rings is 1. The lowest BCUT2D eigenvalue weighted by Crippen LogP contribution is -2.26. The normalized spacial score (nSPS) is 12.7. The smallest absolute Gasteiger partial charge is 0.245 e. The van der Waals surface area contributed by atoms with Crippen LogP contribution in [0.2, 0.25) is 0 Å². The Hall–Kier alpha value is -0.910. The second-order valence-electron chi connectivity index (χ2n) is 3.46. The third-order valence-electron chi connectivity index (χ3n) is 2.02. The average Bonchev–Trinajstić information content (AvgIpc) is 2.44. The summed E-state index contributed by atoms with van der Waals surface area (Å²) in [5.41, 5.74) is 8.94. The van der Waals surface area contributed by atoms with E-state index in [1.54, 1.807) is 11.3 Å². The highest BCUT2D eigenvalue weighted by molar-refractivity contribution is 7.12. The van der Waals surface area contributed by atoms with E-state index in [1.165, 1.54) is 15.3 Å². The van der Waals surface area contributed by atoms with E-state index in [9.17, 15) is 4.79 Å². The number of rotatable bonds is 5. The molecule has 5 heteroatoms. The van der Waals surface area contributed by atoms with E-state index >= 15 is 0 Å². The van der Waals surface area contributed by atoms with Crippen LogP contribution in [0, 0.1) is 13.8 Å². The van der Waals surface area contributed by atoms with E-state index < -0.39 is 5.91 Å². The van der Waals surface area contributed by atoms with Gasteiger partial charge in [0, 0.05) is 9.75 Å². The maximum atomic E-state index is 10.4. The van der Waals surface area contributed by atoms with Crippen LogP contribution in [0.15, 0.2) is 6.07 Å². The Bertz CT molecular complexity index is 349. The van der Waals surface area contributed by atoms with Gasteiger partial charge in [-0.1, -0.05) is 0 Å². The van der Waals surface area contributed by atoms with Crippen LogP contribution in [0.4, 0.5) is 0 Å². The number of carbonyl (C=O) groups is 1. The molecule has 1 atom stereocenters. The van der Waals surface area contributed by atoms with E-state index in [-0.39, 0.29) is 12.6 Å². The van der Waals surface area contributed by atoms with Crippen molar-refractivity contribution in [2.24, 2.45) is 5.73 Å². The van der Waals surface area contributed by atoms with Crippen molar-refractivity contribution >= 4 is 17.2 Å². The standard InChI is InChI=1S/C10H16N2O2S/c1-6-4-9(8(3)15-6)7(2)12-14-5-10(11)13/h4,7,12H,5H2,1-3H3,(H2,11,13). The molecule has 1 heterocycles. The van der Waals surface area contributed by atoms with Crippen LogP contribution in [-0.4, -0.2) is 12.5 Å². The fourth-order valence-electron chi connectivity index (χ4n) is 1.38. The summed E-state index contributed by atoms with van der Waals surface area (Å²) >= 11 is 1.75. The lowest BCUT2D eigenvalue weighted by atomic mass is 10.1. The third kappa shape index (κ3) is 3.62. The summed E-state index contributed by atoms with van der Waals surface area (Å²) < 4.78 is 0. The summed E-state index contributed by atoms with van der Waals surface area (Å²) in [4.78, 5) is 17.9. The molecule has 0 aromatic carbocycles. The fraction of sp³-hybridized carbons (Fsp3) is 0.500. The van der Waals surface area contributed by atoms with Gasteiger partial charge >= 0.3 is 0 Å². The van der Waals surface area contributed by atoms with Crippen molar-refractivity contribution in [1.82, 2.24) is 5.48 Å². The summed E-state index contributed by atoms with van der Waals surface area (Å²) in [7, 11) is 0. The van der Waals surface area contributed by atoms with Crippen LogP contribution in [0.3, 0.4) is 0 Å². The minimum Gasteiger partial charge on any atom is -0.368 e. The van der Waals surface area contributed by atoms with Crippen molar-refractivity contribution in [3.63, 3.8) is 0 Å². The lowest BCUT2D eigenvalue weighted by Gasteiger charge is -2.12. The predicted molar refractivity (Wildman–Crippen MR) is 60.5 cm³/mol. The van der Waals surface area contributed by atoms with Crippen molar-refractivity contribution in [1.29, 1.82) is 0 Å². The molecule has 0 bridgehead atoms. The topological polar surface area (TPSA) is 64.3 Å². The number of amides is 1. The van der Waals surface area contributed by atoms with Gasteiger partial charge in [0.25, 0.3) is 0 Å². The maximum absolute atomic E-state index is 10.4. The maximum Gasteiger partial charge on any atom is 0.245 e. The van der Waals surface area contributed by atoms with Crippen LogP contribution in [0.1, 0.15) is 28.3 Å². The van der Waals surface area contributed by atoms with Crippen LogP contribution in [-0.2, 0) is 9.63 Å². The first kappa shape index (κ1) is 12.2. The summed E-state index contributed by atoms with van der Waals surface area (Å²) in [6.45, 7) is 6.01. The molecule has 3 N–H and O–H groups in total. The minimum absolute atomic E-state index is 0.0642. The van der Waals surface area contributed by atoms with Gasteiger partial charge in [0.15, 0.2) is 0 Å². The number of primary amides is 1. The van der Waals surface area contributed by atoms with Crippen LogP contribution in [0.5, 0.6) is 0 Å². The second-order valence-corrected chi connectivity index (χ2v) is 4.92. The second kappa shape index (κ2) is 5.25. The molecule has 0 aliphatic carbocycles. The largest absolute Gasteiger partial charge is 0.368 e. The molecule has 15 heavy (non-hydrogen) atoms. The molecular formula is C10H16N2O2S. The highest BCUT2D eigenvalue weighted by Crippen LogP contribution is 2.25. The first-order valence-corrected chi connectivity index (χ1v) is 5.55. The van der Waals surface area contributed by atoms with E-state index in [0.29, 0.717) is 0 Å². The SMILES string of the molecule is Cc1cc(C(C)NOCC(N)=O)c(C)s1. The van der Waals surface area contributed by atoms with Crippen molar-refractivity contribution in [2.45, 2.75) is 26.8 Å². The van der Waals surface area contributed by atoms with Gasteiger partial charge in [-0.05, 0) is 32.4 Å².